The minimum Gasteiger partial charge on any atom is -0.352 e. The third kappa shape index (κ3) is 5.90. The second kappa shape index (κ2) is 9.22. The maximum atomic E-state index is 12.3. The van der Waals surface area contributed by atoms with E-state index in [0.717, 1.165) is 10.4 Å². The van der Waals surface area contributed by atoms with Crippen molar-refractivity contribution < 1.29 is 9.59 Å². The quantitative estimate of drug-likeness (QED) is 0.630. The SMILES string of the molecule is CC(C)c1ccc(C(NC(=O)CCCNC(N)=O)c2cccs2)cc1. The molecule has 0 fully saturated rings. The van der Waals surface area contributed by atoms with Gasteiger partial charge in [0, 0.05) is 17.8 Å². The molecule has 5 nitrogen and oxygen atoms in total. The van der Waals surface area contributed by atoms with Gasteiger partial charge < -0.3 is 16.4 Å². The lowest BCUT2D eigenvalue weighted by Gasteiger charge is -2.19. The molecule has 1 atom stereocenters. The predicted molar refractivity (Wildman–Crippen MR) is 102 cm³/mol. The molecule has 1 unspecified atom stereocenters. The molecule has 0 aliphatic heterocycles. The molecular formula is C19H25N3O2S. The predicted octanol–water partition coefficient (Wildman–Crippen LogP) is 3.53. The van der Waals surface area contributed by atoms with Crippen molar-refractivity contribution in [1.82, 2.24) is 10.6 Å². The van der Waals surface area contributed by atoms with Crippen LogP contribution in [0.5, 0.6) is 0 Å². The maximum Gasteiger partial charge on any atom is 0.312 e. The van der Waals surface area contributed by atoms with E-state index in [9.17, 15) is 9.59 Å². The number of benzene rings is 1. The van der Waals surface area contributed by atoms with E-state index in [2.05, 4.69) is 48.7 Å². The first-order valence-electron chi connectivity index (χ1n) is 8.43. The first kappa shape index (κ1) is 19.0. The Hall–Kier alpha value is -2.34. The van der Waals surface area contributed by atoms with Crippen molar-refractivity contribution >= 4 is 23.3 Å². The molecule has 3 amide bonds. The van der Waals surface area contributed by atoms with Crippen molar-refractivity contribution in [2.45, 2.75) is 38.6 Å². The van der Waals surface area contributed by atoms with E-state index in [4.69, 9.17) is 5.73 Å². The molecule has 0 aliphatic rings. The zero-order chi connectivity index (χ0) is 18.2. The molecule has 6 heteroatoms. The Bertz CT molecular complexity index is 681. The highest BCUT2D eigenvalue weighted by Crippen LogP contribution is 2.27. The molecule has 0 radical (unpaired) electrons. The van der Waals surface area contributed by atoms with Crippen molar-refractivity contribution in [2.75, 3.05) is 6.54 Å². The standard InChI is InChI=1S/C19H25N3O2S/c1-13(2)14-7-9-15(10-8-14)18(16-5-4-12-25-16)22-17(23)6-3-11-21-19(20)24/h4-5,7-10,12-13,18H,3,6,11H2,1-2H3,(H,22,23)(H3,20,21,24). The van der Waals surface area contributed by atoms with Gasteiger partial charge in [-0.3, -0.25) is 4.79 Å². The average molecular weight is 359 g/mol. The topological polar surface area (TPSA) is 84.2 Å². The normalized spacial score (nSPS) is 12.0. The van der Waals surface area contributed by atoms with Crippen molar-refractivity contribution in [3.63, 3.8) is 0 Å². The summed E-state index contributed by atoms with van der Waals surface area (Å²) < 4.78 is 0. The molecule has 2 aromatic rings. The smallest absolute Gasteiger partial charge is 0.312 e. The number of carbonyl (C=O) groups excluding carboxylic acids is 2. The third-order valence-corrected chi connectivity index (χ3v) is 4.89. The van der Waals surface area contributed by atoms with E-state index in [0.29, 0.717) is 25.3 Å². The van der Waals surface area contributed by atoms with E-state index >= 15 is 0 Å². The van der Waals surface area contributed by atoms with E-state index in [1.807, 2.05) is 17.5 Å². The monoisotopic (exact) mass is 359 g/mol. The number of carbonyl (C=O) groups is 2. The highest BCUT2D eigenvalue weighted by Gasteiger charge is 2.18. The fourth-order valence-corrected chi connectivity index (χ4v) is 3.34. The molecule has 25 heavy (non-hydrogen) atoms. The van der Waals surface area contributed by atoms with Crippen LogP contribution in [0.15, 0.2) is 41.8 Å². The van der Waals surface area contributed by atoms with Crippen LogP contribution >= 0.6 is 11.3 Å². The van der Waals surface area contributed by atoms with Crippen molar-refractivity contribution in [3.05, 3.63) is 57.8 Å². The summed E-state index contributed by atoms with van der Waals surface area (Å²) in [5.74, 6) is 0.430. The molecular weight excluding hydrogens is 334 g/mol. The molecule has 0 spiro atoms. The molecule has 0 saturated carbocycles. The highest BCUT2D eigenvalue weighted by atomic mass is 32.1. The zero-order valence-corrected chi connectivity index (χ0v) is 15.4. The van der Waals surface area contributed by atoms with Crippen LogP contribution in [0.1, 0.15) is 54.7 Å². The van der Waals surface area contributed by atoms with Crippen molar-refractivity contribution in [3.8, 4) is 0 Å². The number of rotatable bonds is 8. The Morgan fingerprint density at radius 1 is 1.12 bits per heavy atom. The van der Waals surface area contributed by atoms with Crippen LogP contribution in [0.2, 0.25) is 0 Å². The fourth-order valence-electron chi connectivity index (χ4n) is 2.54. The van der Waals surface area contributed by atoms with Crippen LogP contribution in [0.25, 0.3) is 0 Å². The van der Waals surface area contributed by atoms with Gasteiger partial charge in [-0.25, -0.2) is 4.79 Å². The lowest BCUT2D eigenvalue weighted by atomic mass is 9.98. The number of amides is 3. The van der Waals surface area contributed by atoms with E-state index < -0.39 is 6.03 Å². The highest BCUT2D eigenvalue weighted by molar-refractivity contribution is 7.10. The number of primary amides is 1. The zero-order valence-electron chi connectivity index (χ0n) is 14.6. The Kier molecular flexibility index (Phi) is 7.01. The minimum atomic E-state index is -0.567. The van der Waals surface area contributed by atoms with Gasteiger partial charge in [-0.2, -0.15) is 0 Å². The van der Waals surface area contributed by atoms with Gasteiger partial charge in [-0.1, -0.05) is 44.2 Å². The Morgan fingerprint density at radius 3 is 2.36 bits per heavy atom. The number of nitrogens with two attached hydrogens (primary N) is 1. The average Bonchev–Trinajstić information content (AvgIpc) is 3.11. The van der Waals surface area contributed by atoms with Crippen LogP contribution in [-0.4, -0.2) is 18.5 Å². The fraction of sp³-hybridized carbons (Fsp3) is 0.368. The number of hydrogen-bond donors (Lipinski definition) is 3. The van der Waals surface area contributed by atoms with Crippen LogP contribution in [-0.2, 0) is 4.79 Å². The van der Waals surface area contributed by atoms with Crippen LogP contribution in [0, 0.1) is 0 Å². The van der Waals surface area contributed by atoms with Gasteiger partial charge in [-0.15, -0.1) is 11.3 Å². The van der Waals surface area contributed by atoms with Gasteiger partial charge in [-0.05, 0) is 34.9 Å². The lowest BCUT2D eigenvalue weighted by molar-refractivity contribution is -0.121. The Morgan fingerprint density at radius 2 is 1.80 bits per heavy atom. The molecule has 134 valence electrons. The first-order chi connectivity index (χ1) is 12.0. The second-order valence-electron chi connectivity index (χ2n) is 6.23. The summed E-state index contributed by atoms with van der Waals surface area (Å²) in [6, 6.07) is 11.7. The number of hydrogen-bond acceptors (Lipinski definition) is 3. The van der Waals surface area contributed by atoms with Crippen molar-refractivity contribution in [2.24, 2.45) is 5.73 Å². The van der Waals surface area contributed by atoms with Gasteiger partial charge in [0.15, 0.2) is 0 Å². The summed E-state index contributed by atoms with van der Waals surface area (Å²) in [4.78, 5) is 24.0. The number of nitrogens with one attached hydrogen (secondary N) is 2. The number of urea groups is 1. The van der Waals surface area contributed by atoms with Crippen LogP contribution in [0.3, 0.4) is 0 Å². The summed E-state index contributed by atoms with van der Waals surface area (Å²) in [5, 5.41) is 7.60. The summed E-state index contributed by atoms with van der Waals surface area (Å²) in [7, 11) is 0. The summed E-state index contributed by atoms with van der Waals surface area (Å²) in [6.07, 6.45) is 0.893. The number of thiophene rings is 1. The molecule has 0 saturated heterocycles. The van der Waals surface area contributed by atoms with Gasteiger partial charge >= 0.3 is 6.03 Å². The second-order valence-corrected chi connectivity index (χ2v) is 7.21. The van der Waals surface area contributed by atoms with E-state index in [1.165, 1.54) is 5.56 Å². The molecule has 0 bridgehead atoms. The lowest BCUT2D eigenvalue weighted by Crippen LogP contribution is -2.32. The molecule has 0 aliphatic carbocycles. The molecule has 1 heterocycles. The molecule has 4 N–H and O–H groups in total. The van der Waals surface area contributed by atoms with Gasteiger partial charge in [0.2, 0.25) is 5.91 Å². The van der Waals surface area contributed by atoms with Gasteiger partial charge in [0.05, 0.1) is 6.04 Å². The third-order valence-electron chi connectivity index (χ3n) is 3.95. The molecule has 1 aromatic heterocycles. The maximum absolute atomic E-state index is 12.3. The van der Waals surface area contributed by atoms with Gasteiger partial charge in [0.1, 0.15) is 0 Å². The largest absolute Gasteiger partial charge is 0.352 e. The Labute approximate surface area is 152 Å². The van der Waals surface area contributed by atoms with E-state index in [-0.39, 0.29) is 11.9 Å². The summed E-state index contributed by atoms with van der Waals surface area (Å²) >= 11 is 1.62. The molecule has 2 rings (SSSR count). The van der Waals surface area contributed by atoms with E-state index in [1.54, 1.807) is 11.3 Å². The van der Waals surface area contributed by atoms with Crippen molar-refractivity contribution in [1.29, 1.82) is 0 Å². The molecule has 1 aromatic carbocycles. The van der Waals surface area contributed by atoms with Crippen LogP contribution in [0.4, 0.5) is 4.79 Å². The van der Waals surface area contributed by atoms with Gasteiger partial charge in [0.25, 0.3) is 0 Å². The summed E-state index contributed by atoms with van der Waals surface area (Å²) in [6.45, 7) is 4.72. The Balaban J connectivity index is 2.04. The summed E-state index contributed by atoms with van der Waals surface area (Å²) in [5.41, 5.74) is 7.36. The first-order valence-corrected chi connectivity index (χ1v) is 9.31. The minimum absolute atomic E-state index is 0.0439. The van der Waals surface area contributed by atoms with Crippen LogP contribution < -0.4 is 16.4 Å².